The maximum absolute atomic E-state index is 12.7. The summed E-state index contributed by atoms with van der Waals surface area (Å²) in [4.78, 5) is 25.3. The van der Waals surface area contributed by atoms with Crippen molar-refractivity contribution in [3.8, 4) is 11.5 Å². The highest BCUT2D eigenvalue weighted by Gasteiger charge is 2.22. The number of methoxy groups -OCH3 is 1. The van der Waals surface area contributed by atoms with Gasteiger partial charge in [0.05, 0.1) is 7.11 Å². The van der Waals surface area contributed by atoms with E-state index in [0.29, 0.717) is 23.8 Å². The summed E-state index contributed by atoms with van der Waals surface area (Å²) in [6.45, 7) is 2.33. The number of thioether (sulfide) groups is 1. The molecule has 1 aliphatic rings. The molecule has 0 bridgehead atoms. The van der Waals surface area contributed by atoms with Crippen molar-refractivity contribution in [1.82, 2.24) is 5.32 Å². The number of ketones is 1. The summed E-state index contributed by atoms with van der Waals surface area (Å²) < 4.78 is 10.9. The number of Topliss-reactive ketones (excluding diaryl/α,β-unsaturated/α-hetero) is 1. The molecule has 0 spiro atoms. The standard InChI is InChI=1S/C21H21NO4S/c1-3-22-20(23)12-26-17-9-8-14(11-18(17)25-2)10-15-13-27-19-7-5-4-6-16(19)21(15)24/h4-11H,3,12-13H2,1-2H3,(H,22,23)/b15-10-. The second-order valence-corrected chi connectivity index (χ2v) is 6.95. The minimum atomic E-state index is -0.186. The predicted octanol–water partition coefficient (Wildman–Crippen LogP) is 3.58. The van der Waals surface area contributed by atoms with Crippen molar-refractivity contribution in [3.05, 3.63) is 59.2 Å². The summed E-state index contributed by atoms with van der Waals surface area (Å²) >= 11 is 1.66. The molecule has 0 saturated heterocycles. The van der Waals surface area contributed by atoms with Gasteiger partial charge in [0.15, 0.2) is 23.9 Å². The van der Waals surface area contributed by atoms with Crippen molar-refractivity contribution >= 4 is 29.5 Å². The average Bonchev–Trinajstić information content (AvgIpc) is 2.69. The van der Waals surface area contributed by atoms with Crippen molar-refractivity contribution in [2.75, 3.05) is 26.0 Å². The molecule has 0 radical (unpaired) electrons. The normalized spacial score (nSPS) is 14.6. The Morgan fingerprint density at radius 1 is 1.22 bits per heavy atom. The van der Waals surface area contributed by atoms with Crippen molar-refractivity contribution in [2.45, 2.75) is 11.8 Å². The molecule has 0 aliphatic carbocycles. The van der Waals surface area contributed by atoms with Crippen molar-refractivity contribution in [2.24, 2.45) is 0 Å². The number of carbonyl (C=O) groups excluding carboxylic acids is 2. The van der Waals surface area contributed by atoms with Crippen LogP contribution in [-0.4, -0.2) is 37.7 Å². The third-order valence-electron chi connectivity index (χ3n) is 4.07. The van der Waals surface area contributed by atoms with Crippen LogP contribution in [0.15, 0.2) is 52.9 Å². The van der Waals surface area contributed by atoms with E-state index in [2.05, 4.69) is 5.32 Å². The largest absolute Gasteiger partial charge is 0.493 e. The highest BCUT2D eigenvalue weighted by atomic mass is 32.2. The first-order valence-corrected chi connectivity index (χ1v) is 9.65. The lowest BCUT2D eigenvalue weighted by Crippen LogP contribution is -2.28. The molecule has 1 heterocycles. The van der Waals surface area contributed by atoms with Crippen molar-refractivity contribution < 1.29 is 19.1 Å². The lowest BCUT2D eigenvalue weighted by atomic mass is 10.0. The Balaban J connectivity index is 1.79. The quantitative estimate of drug-likeness (QED) is 0.773. The number of hydrogen-bond donors (Lipinski definition) is 1. The van der Waals surface area contributed by atoms with Crippen LogP contribution in [0.2, 0.25) is 0 Å². The van der Waals surface area contributed by atoms with Crippen LogP contribution in [0.25, 0.3) is 6.08 Å². The Kier molecular flexibility index (Phi) is 6.19. The minimum Gasteiger partial charge on any atom is -0.493 e. The van der Waals surface area contributed by atoms with Crippen LogP contribution in [0.4, 0.5) is 0 Å². The van der Waals surface area contributed by atoms with Gasteiger partial charge >= 0.3 is 0 Å². The van der Waals surface area contributed by atoms with Gasteiger partial charge in [0.25, 0.3) is 5.91 Å². The molecule has 1 aliphatic heterocycles. The topological polar surface area (TPSA) is 64.6 Å². The van der Waals surface area contributed by atoms with E-state index in [1.807, 2.05) is 43.3 Å². The number of ether oxygens (including phenoxy) is 2. The smallest absolute Gasteiger partial charge is 0.257 e. The molecule has 2 aromatic rings. The summed E-state index contributed by atoms with van der Waals surface area (Å²) in [5.74, 6) is 1.51. The van der Waals surface area contributed by atoms with Gasteiger partial charge in [-0.25, -0.2) is 0 Å². The van der Waals surface area contributed by atoms with Gasteiger partial charge in [-0.2, -0.15) is 0 Å². The second-order valence-electron chi connectivity index (χ2n) is 5.94. The number of benzene rings is 2. The molecule has 0 fully saturated rings. The Labute approximate surface area is 162 Å². The predicted molar refractivity (Wildman–Crippen MR) is 107 cm³/mol. The van der Waals surface area contributed by atoms with Gasteiger partial charge in [0, 0.05) is 28.3 Å². The number of nitrogens with one attached hydrogen (secondary N) is 1. The summed E-state index contributed by atoms with van der Waals surface area (Å²) in [6.07, 6.45) is 1.88. The zero-order valence-corrected chi connectivity index (χ0v) is 16.1. The molecule has 0 aromatic heterocycles. The van der Waals surface area contributed by atoms with Crippen LogP contribution >= 0.6 is 11.8 Å². The number of amides is 1. The molecule has 3 rings (SSSR count). The van der Waals surface area contributed by atoms with Gasteiger partial charge < -0.3 is 14.8 Å². The van der Waals surface area contributed by atoms with Crippen LogP contribution in [0, 0.1) is 0 Å². The molecule has 0 saturated carbocycles. The van der Waals surface area contributed by atoms with Gasteiger partial charge in [0.2, 0.25) is 0 Å². The molecular weight excluding hydrogens is 362 g/mol. The van der Waals surface area contributed by atoms with E-state index in [-0.39, 0.29) is 18.3 Å². The number of hydrogen-bond acceptors (Lipinski definition) is 5. The van der Waals surface area contributed by atoms with E-state index < -0.39 is 0 Å². The highest BCUT2D eigenvalue weighted by molar-refractivity contribution is 7.99. The van der Waals surface area contributed by atoms with E-state index in [0.717, 1.165) is 21.6 Å². The van der Waals surface area contributed by atoms with Gasteiger partial charge in [-0.05, 0) is 42.8 Å². The first kappa shape index (κ1) is 19.0. The van der Waals surface area contributed by atoms with Crippen LogP contribution in [-0.2, 0) is 4.79 Å². The fraction of sp³-hybridized carbons (Fsp3) is 0.238. The second kappa shape index (κ2) is 8.77. The Bertz CT molecular complexity index is 892. The highest BCUT2D eigenvalue weighted by Crippen LogP contribution is 2.34. The van der Waals surface area contributed by atoms with E-state index in [9.17, 15) is 9.59 Å². The number of carbonyl (C=O) groups is 2. The van der Waals surface area contributed by atoms with E-state index in [1.165, 1.54) is 0 Å². The van der Waals surface area contributed by atoms with Crippen LogP contribution in [0.3, 0.4) is 0 Å². The fourth-order valence-electron chi connectivity index (χ4n) is 2.77. The third-order valence-corrected chi connectivity index (χ3v) is 5.19. The average molecular weight is 383 g/mol. The Morgan fingerprint density at radius 2 is 2.04 bits per heavy atom. The third kappa shape index (κ3) is 4.52. The zero-order valence-electron chi connectivity index (χ0n) is 15.3. The van der Waals surface area contributed by atoms with E-state index >= 15 is 0 Å². The Hall–Kier alpha value is -2.73. The number of fused-ring (bicyclic) bond motifs is 1. The molecule has 0 atom stereocenters. The summed E-state index contributed by atoms with van der Waals surface area (Å²) in [5.41, 5.74) is 2.34. The molecular formula is C21H21NO4S. The first-order valence-electron chi connectivity index (χ1n) is 8.67. The maximum Gasteiger partial charge on any atom is 0.257 e. The Morgan fingerprint density at radius 3 is 2.81 bits per heavy atom. The molecule has 0 unspecified atom stereocenters. The minimum absolute atomic E-state index is 0.0554. The molecule has 1 amide bonds. The van der Waals surface area contributed by atoms with Crippen LogP contribution in [0.1, 0.15) is 22.8 Å². The van der Waals surface area contributed by atoms with Crippen molar-refractivity contribution in [3.63, 3.8) is 0 Å². The summed E-state index contributed by atoms with van der Waals surface area (Å²) in [5, 5.41) is 2.68. The molecule has 6 heteroatoms. The molecule has 2 aromatic carbocycles. The van der Waals surface area contributed by atoms with E-state index in [4.69, 9.17) is 9.47 Å². The van der Waals surface area contributed by atoms with Crippen molar-refractivity contribution in [1.29, 1.82) is 0 Å². The lowest BCUT2D eigenvalue weighted by Gasteiger charge is -2.17. The first-order chi connectivity index (χ1) is 13.1. The van der Waals surface area contributed by atoms with Gasteiger partial charge in [-0.3, -0.25) is 9.59 Å². The van der Waals surface area contributed by atoms with Gasteiger partial charge in [0.1, 0.15) is 0 Å². The summed E-state index contributed by atoms with van der Waals surface area (Å²) in [7, 11) is 1.54. The fourth-order valence-corrected chi connectivity index (χ4v) is 3.78. The SMILES string of the molecule is CCNC(=O)COc1ccc(/C=C2/CSc3ccccc3C2=O)cc1OC. The molecule has 27 heavy (non-hydrogen) atoms. The van der Waals surface area contributed by atoms with Crippen LogP contribution in [0.5, 0.6) is 11.5 Å². The lowest BCUT2D eigenvalue weighted by molar-refractivity contribution is -0.123. The maximum atomic E-state index is 12.7. The molecule has 5 nitrogen and oxygen atoms in total. The van der Waals surface area contributed by atoms with Gasteiger partial charge in [-0.1, -0.05) is 18.2 Å². The van der Waals surface area contributed by atoms with E-state index in [1.54, 1.807) is 31.0 Å². The zero-order chi connectivity index (χ0) is 19.2. The number of likely N-dealkylation sites (N-methyl/N-ethyl adjacent to an activating group) is 1. The molecule has 140 valence electrons. The number of rotatable bonds is 6. The monoisotopic (exact) mass is 383 g/mol. The van der Waals surface area contributed by atoms with Crippen LogP contribution < -0.4 is 14.8 Å². The summed E-state index contributed by atoms with van der Waals surface area (Å²) in [6, 6.07) is 13.1. The van der Waals surface area contributed by atoms with Gasteiger partial charge in [-0.15, -0.1) is 11.8 Å². The molecule has 1 N–H and O–H groups in total.